The number of Topliss-reactive ketones (excluding diaryl/α,β-unsaturated/α-hetero) is 1. The number of aromatic nitrogens is 3. The second-order valence-electron chi connectivity index (χ2n) is 6.24. The number of rotatable bonds is 3. The van der Waals surface area contributed by atoms with Crippen LogP contribution in [0.2, 0.25) is 0 Å². The van der Waals surface area contributed by atoms with Crippen molar-refractivity contribution in [2.75, 3.05) is 6.54 Å². The third-order valence-electron chi connectivity index (χ3n) is 4.75. The molecule has 0 bridgehead atoms. The minimum Gasteiger partial charge on any atom is -0.299 e. The van der Waals surface area contributed by atoms with Gasteiger partial charge in [-0.3, -0.25) is 14.4 Å². The van der Waals surface area contributed by atoms with Gasteiger partial charge in [-0.2, -0.15) is 0 Å². The van der Waals surface area contributed by atoms with Crippen molar-refractivity contribution in [1.29, 1.82) is 0 Å². The molecule has 2 fully saturated rings. The first-order chi connectivity index (χ1) is 9.74. The smallest absolute Gasteiger partial charge is 0.137 e. The fraction of sp³-hybridized carbons (Fsp3) is 0.800. The summed E-state index contributed by atoms with van der Waals surface area (Å²) >= 11 is 0. The molecule has 110 valence electrons. The molecule has 1 aliphatic carbocycles. The quantitative estimate of drug-likeness (QED) is 0.846. The molecule has 1 saturated heterocycles. The Balaban J connectivity index is 1.71. The van der Waals surface area contributed by atoms with E-state index < -0.39 is 0 Å². The van der Waals surface area contributed by atoms with E-state index in [-0.39, 0.29) is 5.92 Å². The molecule has 0 spiro atoms. The Hall–Kier alpha value is -1.23. The third kappa shape index (κ3) is 2.92. The number of carbonyl (C=O) groups excluding carboxylic acids is 1. The predicted molar refractivity (Wildman–Crippen MR) is 76.0 cm³/mol. The van der Waals surface area contributed by atoms with Crippen LogP contribution in [-0.4, -0.2) is 38.3 Å². The molecule has 0 amide bonds. The summed E-state index contributed by atoms with van der Waals surface area (Å²) < 4.78 is 1.75. The largest absolute Gasteiger partial charge is 0.299 e. The molecule has 2 unspecified atom stereocenters. The Morgan fingerprint density at radius 1 is 1.25 bits per heavy atom. The number of piperidine rings is 1. The van der Waals surface area contributed by atoms with Gasteiger partial charge in [0.1, 0.15) is 5.78 Å². The second kappa shape index (κ2) is 6.04. The average molecular weight is 276 g/mol. The van der Waals surface area contributed by atoms with Gasteiger partial charge in [-0.15, -0.1) is 5.10 Å². The van der Waals surface area contributed by atoms with Crippen LogP contribution in [0, 0.1) is 5.92 Å². The fourth-order valence-electron chi connectivity index (χ4n) is 3.76. The van der Waals surface area contributed by atoms with Crippen molar-refractivity contribution in [3.63, 3.8) is 0 Å². The van der Waals surface area contributed by atoms with E-state index in [9.17, 15) is 4.79 Å². The molecule has 0 radical (unpaired) electrons. The molecule has 2 atom stereocenters. The lowest BCUT2D eigenvalue weighted by Gasteiger charge is -2.40. The first kappa shape index (κ1) is 13.7. The molecule has 2 aliphatic rings. The van der Waals surface area contributed by atoms with Crippen LogP contribution < -0.4 is 0 Å². The highest BCUT2D eigenvalue weighted by atomic mass is 16.1. The zero-order valence-corrected chi connectivity index (χ0v) is 12.3. The van der Waals surface area contributed by atoms with Crippen molar-refractivity contribution in [1.82, 2.24) is 19.9 Å². The van der Waals surface area contributed by atoms with E-state index in [0.717, 1.165) is 44.5 Å². The highest BCUT2D eigenvalue weighted by Gasteiger charge is 2.35. The standard InChI is InChI=1S/C15H24N4O/c1-18-10-12(16-17-18)11-19-9-5-4-7-14(19)13-6-2-3-8-15(13)20/h10,13-14H,2-9,11H2,1H3. The first-order valence-electron chi connectivity index (χ1n) is 7.86. The number of hydrogen-bond acceptors (Lipinski definition) is 4. The van der Waals surface area contributed by atoms with E-state index in [1.807, 2.05) is 13.2 Å². The number of aryl methyl sites for hydroxylation is 1. The molecule has 1 aliphatic heterocycles. The van der Waals surface area contributed by atoms with Crippen LogP contribution in [-0.2, 0) is 18.4 Å². The zero-order chi connectivity index (χ0) is 13.9. The lowest BCUT2D eigenvalue weighted by molar-refractivity contribution is -0.127. The van der Waals surface area contributed by atoms with E-state index in [1.54, 1.807) is 4.68 Å². The lowest BCUT2D eigenvalue weighted by atomic mass is 9.79. The molecule has 1 aromatic rings. The van der Waals surface area contributed by atoms with Gasteiger partial charge in [-0.25, -0.2) is 0 Å². The predicted octanol–water partition coefficient (Wildman–Crippen LogP) is 1.93. The van der Waals surface area contributed by atoms with E-state index >= 15 is 0 Å². The van der Waals surface area contributed by atoms with Crippen molar-refractivity contribution in [3.05, 3.63) is 11.9 Å². The Bertz CT molecular complexity index is 470. The molecular weight excluding hydrogens is 252 g/mol. The van der Waals surface area contributed by atoms with Crippen LogP contribution in [0.5, 0.6) is 0 Å². The van der Waals surface area contributed by atoms with Crippen molar-refractivity contribution < 1.29 is 4.79 Å². The normalized spacial score (nSPS) is 28.8. The van der Waals surface area contributed by atoms with E-state index in [4.69, 9.17) is 0 Å². The molecule has 5 nitrogen and oxygen atoms in total. The van der Waals surface area contributed by atoms with Crippen LogP contribution in [0.4, 0.5) is 0 Å². The highest BCUT2D eigenvalue weighted by molar-refractivity contribution is 5.82. The Morgan fingerprint density at radius 3 is 2.85 bits per heavy atom. The van der Waals surface area contributed by atoms with Crippen molar-refractivity contribution in [2.45, 2.75) is 57.5 Å². The van der Waals surface area contributed by atoms with Gasteiger partial charge in [-0.05, 0) is 32.2 Å². The molecule has 2 heterocycles. The average Bonchev–Trinajstić information content (AvgIpc) is 2.86. The third-order valence-corrected chi connectivity index (χ3v) is 4.75. The topological polar surface area (TPSA) is 51.0 Å². The molecule has 1 aromatic heterocycles. The maximum atomic E-state index is 12.2. The van der Waals surface area contributed by atoms with Crippen LogP contribution in [0.3, 0.4) is 0 Å². The maximum absolute atomic E-state index is 12.2. The first-order valence-corrected chi connectivity index (χ1v) is 7.86. The molecule has 1 saturated carbocycles. The van der Waals surface area contributed by atoms with Crippen molar-refractivity contribution >= 4 is 5.78 Å². The number of likely N-dealkylation sites (tertiary alicyclic amines) is 1. The summed E-state index contributed by atoms with van der Waals surface area (Å²) in [7, 11) is 1.90. The number of ketones is 1. The summed E-state index contributed by atoms with van der Waals surface area (Å²) in [6.45, 7) is 1.92. The van der Waals surface area contributed by atoms with Gasteiger partial charge in [0.2, 0.25) is 0 Å². The SMILES string of the molecule is Cn1cc(CN2CCCCC2C2CCCCC2=O)nn1. The van der Waals surface area contributed by atoms with Crippen LogP contribution in [0.1, 0.15) is 50.6 Å². The maximum Gasteiger partial charge on any atom is 0.137 e. The summed E-state index contributed by atoms with van der Waals surface area (Å²) in [6.07, 6.45) is 9.81. The second-order valence-corrected chi connectivity index (χ2v) is 6.24. The number of nitrogens with zero attached hydrogens (tertiary/aromatic N) is 4. The summed E-state index contributed by atoms with van der Waals surface area (Å²) in [5.74, 6) is 0.757. The Kier molecular flexibility index (Phi) is 4.15. The summed E-state index contributed by atoms with van der Waals surface area (Å²) in [6, 6.07) is 0.429. The molecule has 20 heavy (non-hydrogen) atoms. The lowest BCUT2D eigenvalue weighted by Crippen LogP contribution is -2.47. The van der Waals surface area contributed by atoms with E-state index in [0.29, 0.717) is 11.8 Å². The molecule has 0 N–H and O–H groups in total. The molecule has 0 aromatic carbocycles. The van der Waals surface area contributed by atoms with Crippen LogP contribution >= 0.6 is 0 Å². The van der Waals surface area contributed by atoms with E-state index in [2.05, 4.69) is 15.2 Å². The van der Waals surface area contributed by atoms with Crippen molar-refractivity contribution in [2.24, 2.45) is 13.0 Å². The van der Waals surface area contributed by atoms with Gasteiger partial charge in [-0.1, -0.05) is 18.1 Å². The van der Waals surface area contributed by atoms with Gasteiger partial charge in [0.25, 0.3) is 0 Å². The summed E-state index contributed by atoms with van der Waals surface area (Å²) in [4.78, 5) is 14.7. The van der Waals surface area contributed by atoms with Crippen molar-refractivity contribution in [3.8, 4) is 0 Å². The number of hydrogen-bond donors (Lipinski definition) is 0. The molecule has 5 heteroatoms. The Morgan fingerprint density at radius 2 is 2.10 bits per heavy atom. The van der Waals surface area contributed by atoms with Gasteiger partial charge in [0.15, 0.2) is 0 Å². The number of carbonyl (C=O) groups is 1. The summed E-state index contributed by atoms with van der Waals surface area (Å²) in [5.41, 5.74) is 1.02. The van der Waals surface area contributed by atoms with Crippen LogP contribution in [0.15, 0.2) is 6.20 Å². The van der Waals surface area contributed by atoms with Gasteiger partial charge >= 0.3 is 0 Å². The highest BCUT2D eigenvalue weighted by Crippen LogP contribution is 2.32. The monoisotopic (exact) mass is 276 g/mol. The van der Waals surface area contributed by atoms with Crippen LogP contribution in [0.25, 0.3) is 0 Å². The van der Waals surface area contributed by atoms with Gasteiger partial charge in [0.05, 0.1) is 5.69 Å². The molecular formula is C15H24N4O. The molecule has 3 rings (SSSR count). The van der Waals surface area contributed by atoms with Gasteiger partial charge < -0.3 is 0 Å². The zero-order valence-electron chi connectivity index (χ0n) is 12.3. The minimum atomic E-state index is 0.265. The van der Waals surface area contributed by atoms with E-state index in [1.165, 1.54) is 19.3 Å². The minimum absolute atomic E-state index is 0.265. The summed E-state index contributed by atoms with van der Waals surface area (Å²) in [5, 5.41) is 8.20. The van der Waals surface area contributed by atoms with Gasteiger partial charge in [0, 0.05) is 38.2 Å². The fourth-order valence-corrected chi connectivity index (χ4v) is 3.76. The Labute approximate surface area is 120 Å².